The van der Waals surface area contributed by atoms with Gasteiger partial charge >= 0.3 is 5.97 Å². The van der Waals surface area contributed by atoms with Crippen LogP contribution in [0.2, 0.25) is 0 Å². The van der Waals surface area contributed by atoms with Crippen LogP contribution in [0.4, 0.5) is 5.82 Å². The van der Waals surface area contributed by atoms with Gasteiger partial charge in [-0.25, -0.2) is 9.78 Å². The van der Waals surface area contributed by atoms with Gasteiger partial charge < -0.3 is 14.7 Å². The molecule has 0 saturated carbocycles. The van der Waals surface area contributed by atoms with Crippen LogP contribution in [0.5, 0.6) is 0 Å². The van der Waals surface area contributed by atoms with E-state index in [-0.39, 0.29) is 12.1 Å². The first-order valence-electron chi connectivity index (χ1n) is 6.68. The molecule has 0 amide bonds. The van der Waals surface area contributed by atoms with E-state index in [2.05, 4.69) is 9.88 Å². The van der Waals surface area contributed by atoms with Crippen molar-refractivity contribution in [3.8, 4) is 0 Å². The molecule has 2 heterocycles. The van der Waals surface area contributed by atoms with Gasteiger partial charge in [-0.3, -0.25) is 0 Å². The Labute approximate surface area is 113 Å². The summed E-state index contributed by atoms with van der Waals surface area (Å²) < 4.78 is 4.92. The first-order valence-corrected chi connectivity index (χ1v) is 6.68. The lowest BCUT2D eigenvalue weighted by Gasteiger charge is -2.18. The van der Waals surface area contributed by atoms with Gasteiger partial charge in [0.05, 0.1) is 18.3 Å². The Morgan fingerprint density at radius 1 is 1.63 bits per heavy atom. The number of rotatable bonds is 4. The molecule has 5 nitrogen and oxygen atoms in total. The van der Waals surface area contributed by atoms with E-state index in [4.69, 9.17) is 4.74 Å². The van der Waals surface area contributed by atoms with Gasteiger partial charge in [0.2, 0.25) is 0 Å². The van der Waals surface area contributed by atoms with Gasteiger partial charge in [0.1, 0.15) is 5.82 Å². The van der Waals surface area contributed by atoms with Gasteiger partial charge in [-0.05, 0) is 32.4 Å². The molecule has 0 spiro atoms. The van der Waals surface area contributed by atoms with Crippen molar-refractivity contribution in [2.75, 3.05) is 24.6 Å². The van der Waals surface area contributed by atoms with Gasteiger partial charge in [-0.2, -0.15) is 0 Å². The summed E-state index contributed by atoms with van der Waals surface area (Å²) >= 11 is 0. The highest BCUT2D eigenvalue weighted by molar-refractivity contribution is 5.89. The largest absolute Gasteiger partial charge is 0.462 e. The molecule has 1 aromatic heterocycles. The summed E-state index contributed by atoms with van der Waals surface area (Å²) in [6.45, 7) is 5.67. The fourth-order valence-corrected chi connectivity index (χ4v) is 2.30. The number of hydrogen-bond acceptors (Lipinski definition) is 5. The van der Waals surface area contributed by atoms with Gasteiger partial charge in [0.15, 0.2) is 0 Å². The maximum Gasteiger partial charge on any atom is 0.339 e. The van der Waals surface area contributed by atoms with Crippen LogP contribution in [0.25, 0.3) is 0 Å². The Balaban J connectivity index is 2.01. The molecule has 0 radical (unpaired) electrons. The van der Waals surface area contributed by atoms with E-state index in [0.29, 0.717) is 18.1 Å². The molecule has 1 fully saturated rings. The summed E-state index contributed by atoms with van der Waals surface area (Å²) in [5.41, 5.74) is 0.469. The lowest BCUT2D eigenvalue weighted by molar-refractivity contribution is 0.0526. The molecule has 1 aliphatic rings. The molecule has 0 aromatic carbocycles. The van der Waals surface area contributed by atoms with Gasteiger partial charge in [-0.1, -0.05) is 0 Å². The molecule has 1 N–H and O–H groups in total. The van der Waals surface area contributed by atoms with Crippen molar-refractivity contribution < 1.29 is 14.6 Å². The Morgan fingerprint density at radius 3 is 2.95 bits per heavy atom. The van der Waals surface area contributed by atoms with Crippen molar-refractivity contribution in [2.45, 2.75) is 26.4 Å². The van der Waals surface area contributed by atoms with Crippen LogP contribution in [0.15, 0.2) is 18.3 Å². The Kier molecular flexibility index (Phi) is 4.37. The monoisotopic (exact) mass is 264 g/mol. The first-order chi connectivity index (χ1) is 9.11. The minimum absolute atomic E-state index is 0.288. The van der Waals surface area contributed by atoms with Crippen molar-refractivity contribution in [3.05, 3.63) is 23.9 Å². The number of anilines is 1. The van der Waals surface area contributed by atoms with E-state index in [1.165, 1.54) is 0 Å². The number of pyridine rings is 1. The Bertz CT molecular complexity index is 431. The number of esters is 1. The standard InChI is InChI=1S/C14H20N2O3/c1-3-19-14(18)11-4-5-13(15-8-11)16-7-6-12(9-16)10(2)17/h4-5,8,10,12,17H,3,6-7,9H2,1-2H3. The van der Waals surface area contributed by atoms with E-state index in [0.717, 1.165) is 25.3 Å². The van der Waals surface area contributed by atoms with Crippen LogP contribution < -0.4 is 4.90 Å². The average Bonchev–Trinajstić information content (AvgIpc) is 2.89. The third kappa shape index (κ3) is 3.23. The zero-order valence-electron chi connectivity index (χ0n) is 11.4. The number of nitrogens with zero attached hydrogens (tertiary/aromatic N) is 2. The summed E-state index contributed by atoms with van der Waals surface area (Å²) in [7, 11) is 0. The van der Waals surface area contributed by atoms with E-state index >= 15 is 0 Å². The van der Waals surface area contributed by atoms with E-state index in [1.807, 2.05) is 13.0 Å². The number of carbonyl (C=O) groups is 1. The quantitative estimate of drug-likeness (QED) is 0.834. The predicted molar refractivity (Wildman–Crippen MR) is 72.2 cm³/mol. The number of aliphatic hydroxyl groups excluding tert-OH is 1. The highest BCUT2D eigenvalue weighted by Crippen LogP contribution is 2.24. The molecular weight excluding hydrogens is 244 g/mol. The minimum atomic E-state index is -0.343. The van der Waals surface area contributed by atoms with Crippen molar-refractivity contribution in [3.63, 3.8) is 0 Å². The number of aromatic nitrogens is 1. The second-order valence-electron chi connectivity index (χ2n) is 4.86. The summed E-state index contributed by atoms with van der Waals surface area (Å²) in [6, 6.07) is 3.56. The van der Waals surface area contributed by atoms with Gasteiger partial charge in [-0.15, -0.1) is 0 Å². The third-order valence-electron chi connectivity index (χ3n) is 3.49. The average molecular weight is 264 g/mol. The second kappa shape index (κ2) is 6.02. The number of aliphatic hydroxyl groups is 1. The fraction of sp³-hybridized carbons (Fsp3) is 0.571. The van der Waals surface area contributed by atoms with E-state index < -0.39 is 0 Å². The van der Waals surface area contributed by atoms with Gasteiger partial charge in [0, 0.05) is 25.2 Å². The van der Waals surface area contributed by atoms with Crippen LogP contribution in [-0.2, 0) is 4.74 Å². The maximum absolute atomic E-state index is 11.5. The van der Waals surface area contributed by atoms with E-state index in [9.17, 15) is 9.90 Å². The molecule has 0 aliphatic carbocycles. The van der Waals surface area contributed by atoms with Crippen LogP contribution in [0, 0.1) is 5.92 Å². The first kappa shape index (κ1) is 13.8. The number of hydrogen-bond donors (Lipinski definition) is 1. The summed E-state index contributed by atoms with van der Waals surface area (Å²) in [5, 5.41) is 9.58. The maximum atomic E-state index is 11.5. The summed E-state index contributed by atoms with van der Waals surface area (Å²) in [4.78, 5) is 17.9. The van der Waals surface area contributed by atoms with Crippen LogP contribution in [-0.4, -0.2) is 41.9 Å². The van der Waals surface area contributed by atoms with Crippen molar-refractivity contribution >= 4 is 11.8 Å². The topological polar surface area (TPSA) is 62.7 Å². The highest BCUT2D eigenvalue weighted by Gasteiger charge is 2.26. The Hall–Kier alpha value is -1.62. The molecule has 0 bridgehead atoms. The lowest BCUT2D eigenvalue weighted by atomic mass is 10.0. The summed E-state index contributed by atoms with van der Waals surface area (Å²) in [5.74, 6) is 0.799. The smallest absolute Gasteiger partial charge is 0.339 e. The van der Waals surface area contributed by atoms with E-state index in [1.54, 1.807) is 19.2 Å². The third-order valence-corrected chi connectivity index (χ3v) is 3.49. The van der Waals surface area contributed by atoms with Crippen molar-refractivity contribution in [1.29, 1.82) is 0 Å². The molecule has 5 heteroatoms. The fourth-order valence-electron chi connectivity index (χ4n) is 2.30. The Morgan fingerprint density at radius 2 is 2.42 bits per heavy atom. The molecule has 104 valence electrons. The van der Waals surface area contributed by atoms with Gasteiger partial charge in [0.25, 0.3) is 0 Å². The molecular formula is C14H20N2O3. The van der Waals surface area contributed by atoms with Crippen LogP contribution in [0.3, 0.4) is 0 Å². The molecule has 1 saturated heterocycles. The second-order valence-corrected chi connectivity index (χ2v) is 4.86. The minimum Gasteiger partial charge on any atom is -0.462 e. The SMILES string of the molecule is CCOC(=O)c1ccc(N2CCC(C(C)O)C2)nc1. The van der Waals surface area contributed by atoms with Crippen molar-refractivity contribution in [2.24, 2.45) is 5.92 Å². The van der Waals surface area contributed by atoms with Crippen LogP contribution in [0.1, 0.15) is 30.6 Å². The van der Waals surface area contributed by atoms with Crippen molar-refractivity contribution in [1.82, 2.24) is 4.98 Å². The highest BCUT2D eigenvalue weighted by atomic mass is 16.5. The molecule has 2 rings (SSSR count). The normalized spacial score (nSPS) is 20.4. The lowest BCUT2D eigenvalue weighted by Crippen LogP contribution is -2.24. The summed E-state index contributed by atoms with van der Waals surface area (Å²) in [6.07, 6.45) is 2.23. The van der Waals surface area contributed by atoms with Crippen LogP contribution >= 0.6 is 0 Å². The molecule has 2 atom stereocenters. The molecule has 1 aromatic rings. The zero-order valence-corrected chi connectivity index (χ0v) is 11.4. The zero-order chi connectivity index (χ0) is 13.8. The predicted octanol–water partition coefficient (Wildman–Crippen LogP) is 1.47. The molecule has 2 unspecified atom stereocenters. The number of carbonyl (C=O) groups excluding carboxylic acids is 1. The molecule has 1 aliphatic heterocycles. The molecule has 19 heavy (non-hydrogen) atoms. The number of ether oxygens (including phenoxy) is 1.